The molecule has 4 rings (SSSR count). The first kappa shape index (κ1) is 18.1. The molecule has 3 heterocycles. The van der Waals surface area contributed by atoms with Crippen molar-refractivity contribution in [1.29, 1.82) is 0 Å². The third-order valence-electron chi connectivity index (χ3n) is 4.64. The first-order valence-electron chi connectivity index (χ1n) is 8.68. The molecule has 1 aliphatic heterocycles. The minimum atomic E-state index is -4.49. The smallest absolute Gasteiger partial charge is 0.293 e. The Bertz CT molecular complexity index is 948. The fourth-order valence-corrected chi connectivity index (χ4v) is 4.26. The van der Waals surface area contributed by atoms with Crippen LogP contribution in [0.5, 0.6) is 0 Å². The van der Waals surface area contributed by atoms with E-state index in [-0.39, 0.29) is 0 Å². The number of aryl methyl sites for hydroxylation is 1. The van der Waals surface area contributed by atoms with Crippen LogP contribution in [0, 0.1) is 6.92 Å². The molecule has 3 nitrogen and oxygen atoms in total. The summed E-state index contributed by atoms with van der Waals surface area (Å²) >= 11 is 1.75. The topological polar surface area (TPSA) is 29.0 Å². The molecule has 0 radical (unpaired) electrons. The minimum absolute atomic E-state index is 0.511. The molecule has 0 unspecified atom stereocenters. The van der Waals surface area contributed by atoms with Crippen LogP contribution in [0.3, 0.4) is 0 Å². The van der Waals surface area contributed by atoms with E-state index in [1.54, 1.807) is 11.3 Å². The Morgan fingerprint density at radius 1 is 1.11 bits per heavy atom. The molecule has 1 aromatic carbocycles. The molecule has 2 aromatic heterocycles. The first-order chi connectivity index (χ1) is 12.9. The Hall–Kier alpha value is -2.25. The van der Waals surface area contributed by atoms with E-state index in [4.69, 9.17) is 0 Å². The van der Waals surface area contributed by atoms with Gasteiger partial charge in [-0.25, -0.2) is 9.97 Å². The predicted molar refractivity (Wildman–Crippen MR) is 99.3 cm³/mol. The Morgan fingerprint density at radius 3 is 2.63 bits per heavy atom. The number of benzene rings is 1. The molecule has 0 saturated heterocycles. The van der Waals surface area contributed by atoms with Crippen LogP contribution in [0.1, 0.15) is 27.5 Å². The lowest BCUT2D eigenvalue weighted by Gasteiger charge is -2.27. The molecule has 0 spiro atoms. The van der Waals surface area contributed by atoms with Crippen LogP contribution in [0.25, 0.3) is 10.4 Å². The van der Waals surface area contributed by atoms with Gasteiger partial charge in [0.15, 0.2) is 0 Å². The number of alkyl halides is 3. The van der Waals surface area contributed by atoms with Crippen molar-refractivity contribution in [2.45, 2.75) is 32.6 Å². The molecule has 7 heteroatoms. The summed E-state index contributed by atoms with van der Waals surface area (Å²) in [7, 11) is 0. The van der Waals surface area contributed by atoms with Gasteiger partial charge in [-0.15, -0.1) is 11.3 Å². The number of aromatic nitrogens is 2. The van der Waals surface area contributed by atoms with Crippen molar-refractivity contribution in [3.05, 3.63) is 70.1 Å². The van der Waals surface area contributed by atoms with Gasteiger partial charge in [0.1, 0.15) is 0 Å². The SMILES string of the molecule is Cc1ccc(-c2ccc(CN3CCc4nc(C(F)(F)F)ncc4C3)s2)cc1. The fraction of sp³-hybridized carbons (Fsp3) is 0.300. The number of hydrogen-bond donors (Lipinski definition) is 0. The summed E-state index contributed by atoms with van der Waals surface area (Å²) in [5.74, 6) is -1.05. The highest BCUT2D eigenvalue weighted by Gasteiger charge is 2.35. The maximum absolute atomic E-state index is 12.8. The van der Waals surface area contributed by atoms with Crippen molar-refractivity contribution in [2.24, 2.45) is 0 Å². The maximum atomic E-state index is 12.8. The number of halogens is 3. The van der Waals surface area contributed by atoms with Crippen LogP contribution in [0.4, 0.5) is 13.2 Å². The lowest BCUT2D eigenvalue weighted by Crippen LogP contribution is -2.31. The van der Waals surface area contributed by atoms with Gasteiger partial charge in [-0.05, 0) is 24.6 Å². The second-order valence-corrected chi connectivity index (χ2v) is 7.92. The summed E-state index contributed by atoms with van der Waals surface area (Å²) in [5, 5.41) is 0. The second-order valence-electron chi connectivity index (χ2n) is 6.76. The number of thiophene rings is 1. The van der Waals surface area contributed by atoms with Gasteiger partial charge < -0.3 is 0 Å². The molecule has 0 aliphatic carbocycles. The number of rotatable bonds is 3. The standard InChI is InChI=1S/C20H18F3N3S/c1-13-2-4-14(5-3-13)18-7-6-16(27-18)12-26-9-8-17-15(11-26)10-24-19(25-17)20(21,22)23/h2-7,10H,8-9,11-12H2,1H3. The van der Waals surface area contributed by atoms with Crippen LogP contribution >= 0.6 is 11.3 Å². The molecule has 0 atom stereocenters. The van der Waals surface area contributed by atoms with Crippen molar-refractivity contribution in [2.75, 3.05) is 6.54 Å². The average Bonchev–Trinajstić information content (AvgIpc) is 3.09. The summed E-state index contributed by atoms with van der Waals surface area (Å²) < 4.78 is 38.3. The van der Waals surface area contributed by atoms with E-state index in [1.165, 1.54) is 27.1 Å². The fourth-order valence-electron chi connectivity index (χ4n) is 3.20. The second kappa shape index (κ2) is 7.05. The van der Waals surface area contributed by atoms with E-state index in [9.17, 15) is 13.2 Å². The van der Waals surface area contributed by atoms with Gasteiger partial charge in [0, 0.05) is 47.6 Å². The summed E-state index contributed by atoms with van der Waals surface area (Å²) in [6.07, 6.45) is -2.66. The first-order valence-corrected chi connectivity index (χ1v) is 9.50. The van der Waals surface area contributed by atoms with Gasteiger partial charge in [-0.1, -0.05) is 29.8 Å². The Balaban J connectivity index is 1.45. The maximum Gasteiger partial charge on any atom is 0.451 e. The molecular weight excluding hydrogens is 371 g/mol. The molecule has 0 bridgehead atoms. The molecule has 0 saturated carbocycles. The Labute approximate surface area is 159 Å². The number of hydrogen-bond acceptors (Lipinski definition) is 4. The van der Waals surface area contributed by atoms with E-state index >= 15 is 0 Å². The van der Waals surface area contributed by atoms with Crippen molar-refractivity contribution in [3.8, 4) is 10.4 Å². The van der Waals surface area contributed by atoms with Gasteiger partial charge in [0.05, 0.1) is 5.69 Å². The average molecular weight is 389 g/mol. The summed E-state index contributed by atoms with van der Waals surface area (Å²) in [6, 6.07) is 12.7. The van der Waals surface area contributed by atoms with Crippen LogP contribution in [-0.2, 0) is 25.7 Å². The largest absolute Gasteiger partial charge is 0.451 e. The van der Waals surface area contributed by atoms with Gasteiger partial charge in [0.2, 0.25) is 5.82 Å². The van der Waals surface area contributed by atoms with Gasteiger partial charge >= 0.3 is 6.18 Å². The molecule has 27 heavy (non-hydrogen) atoms. The number of nitrogens with zero attached hydrogens (tertiary/aromatic N) is 3. The van der Waals surface area contributed by atoms with Crippen molar-refractivity contribution >= 4 is 11.3 Å². The lowest BCUT2D eigenvalue weighted by molar-refractivity contribution is -0.145. The summed E-state index contributed by atoms with van der Waals surface area (Å²) in [6.45, 7) is 4.11. The zero-order chi connectivity index (χ0) is 19.0. The highest BCUT2D eigenvalue weighted by Crippen LogP contribution is 2.31. The van der Waals surface area contributed by atoms with Crippen LogP contribution in [0.2, 0.25) is 0 Å². The molecule has 1 aliphatic rings. The zero-order valence-corrected chi connectivity index (χ0v) is 15.6. The predicted octanol–water partition coefficient (Wildman–Crippen LogP) is 5.09. The van der Waals surface area contributed by atoms with E-state index < -0.39 is 12.0 Å². The van der Waals surface area contributed by atoms with E-state index in [1.807, 2.05) is 0 Å². The lowest BCUT2D eigenvalue weighted by atomic mass is 10.1. The van der Waals surface area contributed by atoms with Gasteiger partial charge in [-0.3, -0.25) is 4.90 Å². The number of fused-ring (bicyclic) bond motifs is 1. The Kier molecular flexibility index (Phi) is 4.74. The van der Waals surface area contributed by atoms with Crippen molar-refractivity contribution in [1.82, 2.24) is 14.9 Å². The molecule has 3 aromatic rings. The van der Waals surface area contributed by atoms with Crippen LogP contribution in [-0.4, -0.2) is 21.4 Å². The molecule has 0 amide bonds. The molecule has 0 fully saturated rings. The highest BCUT2D eigenvalue weighted by molar-refractivity contribution is 7.15. The van der Waals surface area contributed by atoms with Crippen LogP contribution < -0.4 is 0 Å². The summed E-state index contributed by atoms with van der Waals surface area (Å²) in [4.78, 5) is 11.9. The zero-order valence-electron chi connectivity index (χ0n) is 14.8. The van der Waals surface area contributed by atoms with Crippen LogP contribution in [0.15, 0.2) is 42.6 Å². The minimum Gasteiger partial charge on any atom is -0.293 e. The van der Waals surface area contributed by atoms with Crippen molar-refractivity contribution < 1.29 is 13.2 Å². The monoisotopic (exact) mass is 389 g/mol. The molecule has 140 valence electrons. The Morgan fingerprint density at radius 2 is 1.89 bits per heavy atom. The summed E-state index contributed by atoms with van der Waals surface area (Å²) in [5.41, 5.74) is 3.73. The normalized spacial score (nSPS) is 15.0. The quantitative estimate of drug-likeness (QED) is 0.625. The van der Waals surface area contributed by atoms with E-state index in [2.05, 4.69) is 58.2 Å². The van der Waals surface area contributed by atoms with Gasteiger partial charge in [-0.2, -0.15) is 13.2 Å². The van der Waals surface area contributed by atoms with E-state index in [0.29, 0.717) is 25.2 Å². The third-order valence-corrected chi connectivity index (χ3v) is 5.76. The molecule has 0 N–H and O–H groups in total. The van der Waals surface area contributed by atoms with Crippen molar-refractivity contribution in [3.63, 3.8) is 0 Å². The van der Waals surface area contributed by atoms with Gasteiger partial charge in [0.25, 0.3) is 0 Å². The van der Waals surface area contributed by atoms with E-state index in [0.717, 1.165) is 12.1 Å². The highest BCUT2D eigenvalue weighted by atomic mass is 32.1. The molecular formula is C20H18F3N3S. The third kappa shape index (κ3) is 4.04.